The lowest BCUT2D eigenvalue weighted by Gasteiger charge is -2.16. The van der Waals surface area contributed by atoms with Gasteiger partial charge in [-0.2, -0.15) is 0 Å². The lowest BCUT2D eigenvalue weighted by molar-refractivity contribution is -0.110. The number of fused-ring (bicyclic) bond motifs is 1. The van der Waals surface area contributed by atoms with E-state index in [2.05, 4.69) is 66.0 Å². The molecule has 1 amide bonds. The Morgan fingerprint density at radius 1 is 0.794 bits per heavy atom. The van der Waals surface area contributed by atoms with Gasteiger partial charge in [0, 0.05) is 23.5 Å². The number of hydrogen-bond acceptors (Lipinski definition) is 3. The minimum atomic E-state index is -0.101. The van der Waals surface area contributed by atoms with Crippen molar-refractivity contribution < 1.29 is 4.79 Å². The van der Waals surface area contributed by atoms with Crippen LogP contribution in [0.25, 0.3) is 22.4 Å². The Bertz CT molecular complexity index is 1360. The van der Waals surface area contributed by atoms with Gasteiger partial charge in [0.25, 0.3) is 5.91 Å². The van der Waals surface area contributed by atoms with E-state index in [0.717, 1.165) is 45.9 Å². The van der Waals surface area contributed by atoms with Gasteiger partial charge < -0.3 is 15.5 Å². The van der Waals surface area contributed by atoms with Crippen molar-refractivity contribution in [2.45, 2.75) is 6.54 Å². The minimum absolute atomic E-state index is 0.101. The summed E-state index contributed by atoms with van der Waals surface area (Å²) >= 11 is 0. The van der Waals surface area contributed by atoms with Crippen LogP contribution in [0.3, 0.4) is 0 Å². The summed E-state index contributed by atoms with van der Waals surface area (Å²) in [6.07, 6.45) is 0. The smallest absolute Gasteiger partial charge is 0.258 e. The Morgan fingerprint density at radius 2 is 1.53 bits per heavy atom. The lowest BCUT2D eigenvalue weighted by atomic mass is 9.97. The van der Waals surface area contributed by atoms with Crippen molar-refractivity contribution >= 4 is 28.6 Å². The molecular formula is C30H27N3O. The van der Waals surface area contributed by atoms with Gasteiger partial charge in [0.05, 0.1) is 11.3 Å². The standard InChI is InChI=1S/C30H27N3O/c1-33(2)20-21-10-9-15-25(18-21)31-29(23-13-7-4-8-14-23)28-26-17-16-24(19-27(26)32-30(28)34)22-11-5-3-6-12-22/h3-19,31H,20H2,1-2H3,(H,32,34). The second-order valence-electron chi connectivity index (χ2n) is 8.76. The van der Waals surface area contributed by atoms with Crippen LogP contribution in [0.2, 0.25) is 0 Å². The van der Waals surface area contributed by atoms with Gasteiger partial charge in [0.2, 0.25) is 0 Å². The molecule has 4 nitrogen and oxygen atoms in total. The molecule has 2 N–H and O–H groups in total. The summed E-state index contributed by atoms with van der Waals surface area (Å²) in [5, 5.41) is 6.66. The molecule has 0 bridgehead atoms. The number of amides is 1. The van der Waals surface area contributed by atoms with Crippen LogP contribution in [0.5, 0.6) is 0 Å². The summed E-state index contributed by atoms with van der Waals surface area (Å²) in [7, 11) is 4.11. The number of anilines is 2. The van der Waals surface area contributed by atoms with Crippen LogP contribution < -0.4 is 10.6 Å². The molecule has 1 aliphatic heterocycles. The topological polar surface area (TPSA) is 44.4 Å². The fourth-order valence-corrected chi connectivity index (χ4v) is 4.37. The highest BCUT2D eigenvalue weighted by atomic mass is 16.2. The van der Waals surface area contributed by atoms with E-state index in [9.17, 15) is 4.79 Å². The fourth-order valence-electron chi connectivity index (χ4n) is 4.37. The van der Waals surface area contributed by atoms with Crippen LogP contribution in [0.4, 0.5) is 11.4 Å². The third kappa shape index (κ3) is 4.49. The Kier molecular flexibility index (Phi) is 5.98. The summed E-state index contributed by atoms with van der Waals surface area (Å²) < 4.78 is 0. The van der Waals surface area contributed by atoms with Gasteiger partial charge in [-0.25, -0.2) is 0 Å². The highest BCUT2D eigenvalue weighted by Gasteiger charge is 2.28. The molecule has 4 heteroatoms. The van der Waals surface area contributed by atoms with E-state index >= 15 is 0 Å². The molecule has 4 aromatic carbocycles. The van der Waals surface area contributed by atoms with E-state index in [4.69, 9.17) is 0 Å². The second kappa shape index (κ2) is 9.38. The van der Waals surface area contributed by atoms with Crippen LogP contribution in [-0.2, 0) is 11.3 Å². The molecule has 0 unspecified atom stereocenters. The van der Waals surface area contributed by atoms with Crippen molar-refractivity contribution in [1.29, 1.82) is 0 Å². The van der Waals surface area contributed by atoms with Crippen LogP contribution in [0, 0.1) is 0 Å². The van der Waals surface area contributed by atoms with Gasteiger partial charge in [-0.3, -0.25) is 4.79 Å². The van der Waals surface area contributed by atoms with Crippen molar-refractivity contribution in [3.63, 3.8) is 0 Å². The number of nitrogens with zero attached hydrogens (tertiary/aromatic N) is 1. The summed E-state index contributed by atoms with van der Waals surface area (Å²) in [5.41, 5.74) is 8.50. The number of nitrogens with one attached hydrogen (secondary N) is 2. The van der Waals surface area contributed by atoms with Crippen molar-refractivity contribution in [1.82, 2.24) is 4.90 Å². The van der Waals surface area contributed by atoms with Crippen LogP contribution in [0.1, 0.15) is 16.7 Å². The first kappa shape index (κ1) is 21.7. The van der Waals surface area contributed by atoms with Gasteiger partial charge in [-0.1, -0.05) is 84.9 Å². The maximum Gasteiger partial charge on any atom is 0.258 e. The molecule has 34 heavy (non-hydrogen) atoms. The predicted molar refractivity (Wildman–Crippen MR) is 141 cm³/mol. The van der Waals surface area contributed by atoms with Gasteiger partial charge >= 0.3 is 0 Å². The number of rotatable bonds is 6. The number of carbonyl (C=O) groups excluding carboxylic acids is 1. The molecule has 0 fully saturated rings. The molecule has 0 aliphatic carbocycles. The Hall–Kier alpha value is -4.15. The molecule has 168 valence electrons. The normalized spacial score (nSPS) is 14.0. The highest BCUT2D eigenvalue weighted by Crippen LogP contribution is 2.39. The second-order valence-corrected chi connectivity index (χ2v) is 8.76. The molecule has 1 heterocycles. The molecule has 4 aromatic rings. The SMILES string of the molecule is CN(C)Cc1cccc(NC(=C2C(=O)Nc3cc(-c4ccccc4)ccc32)c2ccccc2)c1. The molecule has 5 rings (SSSR count). The zero-order valence-electron chi connectivity index (χ0n) is 19.4. The lowest BCUT2D eigenvalue weighted by Crippen LogP contribution is -2.12. The molecule has 0 radical (unpaired) electrons. The zero-order chi connectivity index (χ0) is 23.5. The fraction of sp³-hybridized carbons (Fsp3) is 0.100. The highest BCUT2D eigenvalue weighted by molar-refractivity contribution is 6.37. The average molecular weight is 446 g/mol. The van der Waals surface area contributed by atoms with Gasteiger partial charge in [0.15, 0.2) is 0 Å². The quantitative estimate of drug-likeness (QED) is 0.340. The molecule has 0 spiro atoms. The van der Waals surface area contributed by atoms with Crippen molar-refractivity contribution in [3.8, 4) is 11.1 Å². The predicted octanol–water partition coefficient (Wildman–Crippen LogP) is 6.35. The maximum atomic E-state index is 13.3. The van der Waals surface area contributed by atoms with Gasteiger partial charge in [-0.05, 0) is 54.5 Å². The number of carbonyl (C=O) groups is 1. The van der Waals surface area contributed by atoms with Crippen LogP contribution in [-0.4, -0.2) is 24.9 Å². The first-order chi connectivity index (χ1) is 16.6. The first-order valence-corrected chi connectivity index (χ1v) is 11.4. The molecule has 1 aliphatic rings. The Balaban J connectivity index is 1.60. The van der Waals surface area contributed by atoms with E-state index < -0.39 is 0 Å². The summed E-state index contributed by atoms with van der Waals surface area (Å²) in [6, 6.07) is 34.7. The Morgan fingerprint density at radius 3 is 2.26 bits per heavy atom. The van der Waals surface area contributed by atoms with Gasteiger partial charge in [-0.15, -0.1) is 0 Å². The molecule has 0 saturated heterocycles. The van der Waals surface area contributed by atoms with Crippen molar-refractivity contribution in [3.05, 3.63) is 120 Å². The third-order valence-electron chi connectivity index (χ3n) is 5.88. The number of benzene rings is 4. The van der Waals surface area contributed by atoms with Crippen LogP contribution >= 0.6 is 0 Å². The van der Waals surface area contributed by atoms with E-state index in [1.165, 1.54) is 5.56 Å². The Labute approximate surface area is 200 Å². The molecular weight excluding hydrogens is 418 g/mol. The summed E-state index contributed by atoms with van der Waals surface area (Å²) in [5.74, 6) is -0.101. The monoisotopic (exact) mass is 445 g/mol. The van der Waals surface area contributed by atoms with E-state index in [1.807, 2.05) is 66.7 Å². The van der Waals surface area contributed by atoms with E-state index in [0.29, 0.717) is 5.57 Å². The molecule has 0 atom stereocenters. The zero-order valence-corrected chi connectivity index (χ0v) is 19.4. The minimum Gasteiger partial charge on any atom is -0.354 e. The molecule has 0 saturated carbocycles. The molecule has 0 aromatic heterocycles. The van der Waals surface area contributed by atoms with Gasteiger partial charge in [0.1, 0.15) is 0 Å². The van der Waals surface area contributed by atoms with Crippen molar-refractivity contribution in [2.24, 2.45) is 0 Å². The van der Waals surface area contributed by atoms with Crippen LogP contribution in [0.15, 0.2) is 103 Å². The maximum absolute atomic E-state index is 13.3. The summed E-state index contributed by atoms with van der Waals surface area (Å²) in [4.78, 5) is 15.4. The van der Waals surface area contributed by atoms with E-state index in [1.54, 1.807) is 0 Å². The third-order valence-corrected chi connectivity index (χ3v) is 5.88. The first-order valence-electron chi connectivity index (χ1n) is 11.4. The van der Waals surface area contributed by atoms with Crippen molar-refractivity contribution in [2.75, 3.05) is 24.7 Å². The van der Waals surface area contributed by atoms with E-state index in [-0.39, 0.29) is 5.91 Å². The largest absolute Gasteiger partial charge is 0.354 e. The average Bonchev–Trinajstić information content (AvgIpc) is 3.18. The summed E-state index contributed by atoms with van der Waals surface area (Å²) in [6.45, 7) is 0.846. The number of hydrogen-bond donors (Lipinski definition) is 2.